The van der Waals surface area contributed by atoms with Gasteiger partial charge in [0.25, 0.3) is 5.91 Å². The van der Waals surface area contributed by atoms with Crippen LogP contribution in [0.4, 0.5) is 14.9 Å². The molecule has 2 aromatic carbocycles. The standard InChI is InChI=1S/C21H15Cl2FN4O3S/c22-13-6-5-12(9-14(13)23)10-16-19(30)28(17-4-2-1-3-15(17)24)21(26-16)32-11-18(29)27-8-7-25-20(27)31/h1-6,9-10H,7-8,11H2,(H,25,31)/b16-10+. The van der Waals surface area contributed by atoms with Crippen LogP contribution in [0.25, 0.3) is 6.08 Å². The van der Waals surface area contributed by atoms with Crippen LogP contribution in [0.5, 0.6) is 0 Å². The molecule has 0 bridgehead atoms. The lowest BCUT2D eigenvalue weighted by Gasteiger charge is -2.19. The molecule has 2 aliphatic heterocycles. The number of amides is 4. The van der Waals surface area contributed by atoms with Gasteiger partial charge in [-0.25, -0.2) is 14.2 Å². The highest BCUT2D eigenvalue weighted by atomic mass is 35.5. The van der Waals surface area contributed by atoms with Crippen LogP contribution in [0.2, 0.25) is 10.0 Å². The molecule has 32 heavy (non-hydrogen) atoms. The van der Waals surface area contributed by atoms with Crippen molar-refractivity contribution in [3.63, 3.8) is 0 Å². The summed E-state index contributed by atoms with van der Waals surface area (Å²) in [6.07, 6.45) is 1.50. The molecule has 1 N–H and O–H groups in total. The molecular formula is C21H15Cl2FN4O3S. The van der Waals surface area contributed by atoms with Crippen molar-refractivity contribution in [3.05, 3.63) is 69.6 Å². The Hall–Kier alpha value is -2.88. The number of urea groups is 1. The Labute approximate surface area is 196 Å². The molecular weight excluding hydrogens is 478 g/mol. The van der Waals surface area contributed by atoms with Crippen molar-refractivity contribution in [2.24, 2.45) is 4.99 Å². The Balaban J connectivity index is 1.64. The van der Waals surface area contributed by atoms with Crippen LogP contribution in [0.3, 0.4) is 0 Å². The fourth-order valence-corrected chi connectivity index (χ4v) is 4.30. The van der Waals surface area contributed by atoms with Gasteiger partial charge in [-0.1, -0.05) is 53.2 Å². The highest BCUT2D eigenvalue weighted by Gasteiger charge is 2.35. The van der Waals surface area contributed by atoms with E-state index in [2.05, 4.69) is 10.3 Å². The number of aliphatic imine (C=N–C) groups is 1. The average Bonchev–Trinajstić information content (AvgIpc) is 3.33. The second kappa shape index (κ2) is 9.32. The SMILES string of the molecule is O=C(CSC1=N/C(=C/c2ccc(Cl)c(Cl)c2)C(=O)N1c1ccccc1F)N1CCNC1=O. The molecule has 1 fully saturated rings. The molecule has 0 saturated carbocycles. The normalized spacial score (nSPS) is 17.2. The summed E-state index contributed by atoms with van der Waals surface area (Å²) < 4.78 is 14.5. The monoisotopic (exact) mass is 492 g/mol. The molecule has 11 heteroatoms. The summed E-state index contributed by atoms with van der Waals surface area (Å²) >= 11 is 12.9. The van der Waals surface area contributed by atoms with Crippen molar-refractivity contribution in [3.8, 4) is 0 Å². The Morgan fingerprint density at radius 2 is 1.97 bits per heavy atom. The first kappa shape index (κ1) is 22.3. The largest absolute Gasteiger partial charge is 0.336 e. The number of halogens is 3. The predicted octanol–water partition coefficient (Wildman–Crippen LogP) is 4.16. The fraction of sp³-hybridized carbons (Fsp3) is 0.143. The van der Waals surface area contributed by atoms with Gasteiger partial charge >= 0.3 is 6.03 Å². The number of imide groups is 1. The van der Waals surface area contributed by atoms with Crippen LogP contribution in [0.15, 0.2) is 53.2 Å². The number of nitrogens with one attached hydrogen (secondary N) is 1. The second-order valence-corrected chi connectivity index (χ2v) is 8.51. The molecule has 1 saturated heterocycles. The topological polar surface area (TPSA) is 82.1 Å². The van der Waals surface area contributed by atoms with Crippen LogP contribution >= 0.6 is 35.0 Å². The number of nitrogens with zero attached hydrogens (tertiary/aromatic N) is 3. The number of para-hydroxylation sites is 1. The van der Waals surface area contributed by atoms with Crippen LogP contribution in [-0.2, 0) is 9.59 Å². The summed E-state index contributed by atoms with van der Waals surface area (Å²) in [5.74, 6) is -1.76. The number of benzene rings is 2. The van der Waals surface area contributed by atoms with Crippen molar-refractivity contribution in [1.29, 1.82) is 0 Å². The summed E-state index contributed by atoms with van der Waals surface area (Å²) in [6.45, 7) is 0.649. The van der Waals surface area contributed by atoms with Crippen molar-refractivity contribution >= 4 is 69.7 Å². The highest BCUT2D eigenvalue weighted by molar-refractivity contribution is 8.14. The molecule has 2 heterocycles. The maximum Gasteiger partial charge on any atom is 0.324 e. The maximum absolute atomic E-state index is 14.5. The predicted molar refractivity (Wildman–Crippen MR) is 123 cm³/mol. The van der Waals surface area contributed by atoms with E-state index in [1.165, 1.54) is 24.3 Å². The number of carbonyl (C=O) groups excluding carboxylic acids is 3. The van der Waals surface area contributed by atoms with Crippen molar-refractivity contribution in [2.75, 3.05) is 23.7 Å². The van der Waals surface area contributed by atoms with Gasteiger partial charge in [0.15, 0.2) is 5.17 Å². The van der Waals surface area contributed by atoms with Gasteiger partial charge in [-0.05, 0) is 35.9 Å². The molecule has 7 nitrogen and oxygen atoms in total. The van der Waals surface area contributed by atoms with Crippen LogP contribution in [-0.4, -0.2) is 46.8 Å². The lowest BCUT2D eigenvalue weighted by atomic mass is 10.2. The molecule has 0 aromatic heterocycles. The molecule has 2 aliphatic rings. The summed E-state index contributed by atoms with van der Waals surface area (Å²) in [7, 11) is 0. The minimum absolute atomic E-state index is 0.00709. The number of hydrogen-bond acceptors (Lipinski definition) is 5. The first-order chi connectivity index (χ1) is 15.3. The van der Waals surface area contributed by atoms with Gasteiger partial charge in [0, 0.05) is 13.1 Å². The zero-order valence-corrected chi connectivity index (χ0v) is 18.7. The van der Waals surface area contributed by atoms with Gasteiger partial charge in [-0.3, -0.25) is 19.4 Å². The number of carbonyl (C=O) groups is 3. The van der Waals surface area contributed by atoms with Crippen LogP contribution < -0.4 is 10.2 Å². The lowest BCUT2D eigenvalue weighted by molar-refractivity contribution is -0.124. The quantitative estimate of drug-likeness (QED) is 0.649. The molecule has 0 aliphatic carbocycles. The third-order valence-electron chi connectivity index (χ3n) is 4.65. The van der Waals surface area contributed by atoms with Gasteiger partial charge in [-0.2, -0.15) is 0 Å². The second-order valence-electron chi connectivity index (χ2n) is 6.76. The summed E-state index contributed by atoms with van der Waals surface area (Å²) in [5, 5.41) is 3.35. The summed E-state index contributed by atoms with van der Waals surface area (Å²) in [6, 6.07) is 10.1. The van der Waals surface area contributed by atoms with Gasteiger partial charge in [-0.15, -0.1) is 0 Å². The van der Waals surface area contributed by atoms with E-state index in [0.717, 1.165) is 21.6 Å². The Morgan fingerprint density at radius 1 is 1.19 bits per heavy atom. The molecule has 0 radical (unpaired) electrons. The fourth-order valence-electron chi connectivity index (χ4n) is 3.11. The first-order valence-electron chi connectivity index (χ1n) is 9.40. The highest BCUT2D eigenvalue weighted by Crippen LogP contribution is 2.32. The van der Waals surface area contributed by atoms with Gasteiger partial charge in [0.1, 0.15) is 11.5 Å². The molecule has 2 aromatic rings. The van der Waals surface area contributed by atoms with Crippen LogP contribution in [0.1, 0.15) is 5.56 Å². The Kier molecular flexibility index (Phi) is 6.50. The van der Waals surface area contributed by atoms with E-state index >= 15 is 0 Å². The molecule has 164 valence electrons. The van der Waals surface area contributed by atoms with E-state index in [0.29, 0.717) is 22.2 Å². The smallest absolute Gasteiger partial charge is 0.324 e. The first-order valence-corrected chi connectivity index (χ1v) is 11.1. The van der Waals surface area contributed by atoms with E-state index < -0.39 is 23.7 Å². The maximum atomic E-state index is 14.5. The number of hydrogen-bond donors (Lipinski definition) is 1. The van der Waals surface area contributed by atoms with Gasteiger partial charge in [0.05, 0.1) is 21.5 Å². The minimum atomic E-state index is -0.616. The van der Waals surface area contributed by atoms with E-state index in [1.54, 1.807) is 24.3 Å². The van der Waals surface area contributed by atoms with E-state index in [-0.39, 0.29) is 28.8 Å². The van der Waals surface area contributed by atoms with E-state index in [9.17, 15) is 18.8 Å². The van der Waals surface area contributed by atoms with Gasteiger partial charge in [0.2, 0.25) is 5.91 Å². The molecule has 0 unspecified atom stereocenters. The van der Waals surface area contributed by atoms with E-state index in [4.69, 9.17) is 23.2 Å². The Morgan fingerprint density at radius 3 is 2.66 bits per heavy atom. The summed E-state index contributed by atoms with van der Waals surface area (Å²) in [5.41, 5.74) is 0.629. The molecule has 0 spiro atoms. The zero-order valence-electron chi connectivity index (χ0n) is 16.3. The number of rotatable bonds is 4. The third-order valence-corrected chi connectivity index (χ3v) is 6.31. The van der Waals surface area contributed by atoms with Crippen LogP contribution in [0, 0.1) is 5.82 Å². The van der Waals surface area contributed by atoms with Crippen molar-refractivity contribution in [2.45, 2.75) is 0 Å². The zero-order chi connectivity index (χ0) is 22.8. The number of anilines is 1. The van der Waals surface area contributed by atoms with Crippen molar-refractivity contribution in [1.82, 2.24) is 10.2 Å². The minimum Gasteiger partial charge on any atom is -0.336 e. The third kappa shape index (κ3) is 4.50. The molecule has 4 amide bonds. The van der Waals surface area contributed by atoms with Crippen molar-refractivity contribution < 1.29 is 18.8 Å². The van der Waals surface area contributed by atoms with E-state index in [1.807, 2.05) is 0 Å². The lowest BCUT2D eigenvalue weighted by Crippen LogP contribution is -2.37. The molecule has 4 rings (SSSR count). The molecule has 0 atom stereocenters. The average molecular weight is 493 g/mol. The number of amidine groups is 1. The summed E-state index contributed by atoms with van der Waals surface area (Å²) in [4.78, 5) is 43.8. The Bertz CT molecular complexity index is 1190. The van der Waals surface area contributed by atoms with Gasteiger partial charge < -0.3 is 5.32 Å². The number of thioether (sulfide) groups is 1.